The molecule has 0 aromatic carbocycles. The largest absolute Gasteiger partial charge is 0.365 e. The molecule has 1 aliphatic heterocycles. The topological polar surface area (TPSA) is 143 Å². The summed E-state index contributed by atoms with van der Waals surface area (Å²) in [5, 5.41) is 23.9. The molecule has 0 spiro atoms. The Morgan fingerprint density at radius 1 is 1.22 bits per heavy atom. The van der Waals surface area contributed by atoms with Gasteiger partial charge in [0, 0.05) is 48.9 Å². The van der Waals surface area contributed by atoms with E-state index in [2.05, 4.69) is 36.1 Å². The molecular weight excluding hydrogens is 412 g/mol. The summed E-state index contributed by atoms with van der Waals surface area (Å²) in [6, 6.07) is 3.25. The van der Waals surface area contributed by atoms with Crippen LogP contribution in [0, 0.1) is 5.92 Å². The fraction of sp³-hybridized carbons (Fsp3) is 0.350. The molecule has 0 unspecified atom stereocenters. The van der Waals surface area contributed by atoms with Crippen LogP contribution >= 0.6 is 0 Å². The number of pyridine rings is 1. The van der Waals surface area contributed by atoms with Crippen molar-refractivity contribution in [3.63, 3.8) is 0 Å². The highest BCUT2D eigenvalue weighted by molar-refractivity contribution is 6.00. The molecule has 0 radical (unpaired) electrons. The predicted octanol–water partition coefficient (Wildman–Crippen LogP) is 1.07. The average Bonchev–Trinajstić information content (AvgIpc) is 3.57. The number of hydrogen-bond donors (Lipinski definition) is 3. The first-order valence-electron chi connectivity index (χ1n) is 11.5. The lowest BCUT2D eigenvalue weighted by Gasteiger charge is -2.28. The zero-order valence-electron chi connectivity index (χ0n) is 20.4. The van der Waals surface area contributed by atoms with Gasteiger partial charge in [-0.3, -0.25) is 9.59 Å². The van der Waals surface area contributed by atoms with Crippen LogP contribution < -0.4 is 20.9 Å². The summed E-state index contributed by atoms with van der Waals surface area (Å²) in [6.07, 6.45) is 3.20. The van der Waals surface area contributed by atoms with E-state index in [9.17, 15) is 9.59 Å². The van der Waals surface area contributed by atoms with Gasteiger partial charge in [0.25, 0.3) is 5.91 Å². The highest BCUT2D eigenvalue weighted by Gasteiger charge is 2.31. The minimum Gasteiger partial charge on any atom is -0.365 e. The van der Waals surface area contributed by atoms with Crippen LogP contribution in [-0.4, -0.2) is 56.0 Å². The van der Waals surface area contributed by atoms with Gasteiger partial charge in [-0.05, 0) is 18.9 Å². The van der Waals surface area contributed by atoms with Crippen LogP contribution in [0.25, 0.3) is 11.3 Å². The quantitative estimate of drug-likeness (QED) is 0.534. The molecule has 3 N–H and O–H groups in total. The van der Waals surface area contributed by atoms with Gasteiger partial charge in [0.1, 0.15) is 5.69 Å². The van der Waals surface area contributed by atoms with Crippen LogP contribution in [0.3, 0.4) is 0 Å². The molecule has 32 heavy (non-hydrogen) atoms. The number of rotatable bonds is 5. The molecule has 3 aromatic rings. The Morgan fingerprint density at radius 2 is 2.06 bits per heavy atom. The zero-order chi connectivity index (χ0) is 24.9. The van der Waals surface area contributed by atoms with Crippen LogP contribution in [0.4, 0.5) is 23.0 Å². The van der Waals surface area contributed by atoms with Crippen molar-refractivity contribution in [1.29, 1.82) is 0 Å². The summed E-state index contributed by atoms with van der Waals surface area (Å²) in [7, 11) is 3.71. The number of aromatic nitrogens is 6. The van der Waals surface area contributed by atoms with E-state index >= 15 is 0 Å². The van der Waals surface area contributed by atoms with Gasteiger partial charge in [-0.25, -0.2) is 9.67 Å². The van der Waals surface area contributed by atoms with Crippen LogP contribution in [0.1, 0.15) is 33.1 Å². The summed E-state index contributed by atoms with van der Waals surface area (Å²) in [4.78, 5) is 31.3. The summed E-state index contributed by atoms with van der Waals surface area (Å²) in [5.41, 5.74) is 3.03. The normalized spacial score (nSPS) is 16.2. The molecule has 1 saturated carbocycles. The number of nitrogens with zero attached hydrogens (tertiary/aromatic N) is 7. The van der Waals surface area contributed by atoms with E-state index in [-0.39, 0.29) is 29.0 Å². The van der Waals surface area contributed by atoms with E-state index in [0.717, 1.165) is 29.8 Å². The van der Waals surface area contributed by atoms with Crippen molar-refractivity contribution in [2.24, 2.45) is 13.0 Å². The molecule has 164 valence electrons. The number of hydrogen-bond acceptors (Lipinski definition) is 9. The van der Waals surface area contributed by atoms with Crippen LogP contribution in [0.2, 0.25) is 0 Å². The fourth-order valence-electron chi connectivity index (χ4n) is 3.67. The monoisotopic (exact) mass is 437 g/mol. The van der Waals surface area contributed by atoms with Gasteiger partial charge in [-0.15, -0.1) is 15.3 Å². The Bertz CT molecular complexity index is 1340. The first kappa shape index (κ1) is 16.6. The fourth-order valence-corrected chi connectivity index (χ4v) is 3.67. The third-order valence-electron chi connectivity index (χ3n) is 5.47. The van der Waals surface area contributed by atoms with E-state index in [0.29, 0.717) is 18.1 Å². The Hall–Kier alpha value is -4.09. The summed E-state index contributed by atoms with van der Waals surface area (Å²) >= 11 is 0. The maximum absolute atomic E-state index is 12.7. The van der Waals surface area contributed by atoms with Gasteiger partial charge in [-0.2, -0.15) is 0 Å². The third kappa shape index (κ3) is 3.39. The lowest BCUT2D eigenvalue weighted by atomic mass is 10.0. The second-order valence-corrected chi connectivity index (χ2v) is 7.75. The number of carbonyl (C=O) groups is 2. The molecule has 12 nitrogen and oxygen atoms in total. The first-order valence-corrected chi connectivity index (χ1v) is 9.98. The predicted molar refractivity (Wildman–Crippen MR) is 116 cm³/mol. The van der Waals surface area contributed by atoms with Crippen LogP contribution in [0.5, 0.6) is 0 Å². The molecule has 2 amide bonds. The van der Waals surface area contributed by atoms with Crippen molar-refractivity contribution < 1.29 is 13.7 Å². The summed E-state index contributed by atoms with van der Waals surface area (Å²) in [5.74, 6) is -0.685. The maximum atomic E-state index is 12.7. The maximum Gasteiger partial charge on any atom is 0.273 e. The standard InChI is InChI=1S/C20H22N10O2/c1-21-20(32)16-12(8-14(25-26-16)24-19(31)10-4-5-10)23-18-17-11(6-7-22-18)15-13(9-29(17)2)30(3)28-27-15/h6-8,10H,4-5,9H2,1-3H3,(H,21,32)(H2,22,23,24,25,31)/i1D3. The highest BCUT2D eigenvalue weighted by atomic mass is 16.2. The number of carbonyl (C=O) groups excluding carboxylic acids is 2. The van der Waals surface area contributed by atoms with Crippen molar-refractivity contribution in [2.75, 3.05) is 29.6 Å². The summed E-state index contributed by atoms with van der Waals surface area (Å²) < 4.78 is 23.8. The van der Waals surface area contributed by atoms with Crippen LogP contribution in [0.15, 0.2) is 18.3 Å². The molecule has 3 aromatic heterocycles. The van der Waals surface area contributed by atoms with E-state index in [1.165, 1.54) is 6.07 Å². The Balaban J connectivity index is 1.54. The third-order valence-corrected chi connectivity index (χ3v) is 5.47. The zero-order valence-corrected chi connectivity index (χ0v) is 17.4. The van der Waals surface area contributed by atoms with E-state index in [1.54, 1.807) is 10.9 Å². The average molecular weight is 437 g/mol. The van der Waals surface area contributed by atoms with Gasteiger partial charge < -0.3 is 20.9 Å². The van der Waals surface area contributed by atoms with E-state index < -0.39 is 12.9 Å². The van der Waals surface area contributed by atoms with Crippen molar-refractivity contribution in [3.8, 4) is 11.3 Å². The van der Waals surface area contributed by atoms with Crippen molar-refractivity contribution >= 4 is 34.8 Å². The molecule has 12 heteroatoms. The van der Waals surface area contributed by atoms with Gasteiger partial charge in [0.15, 0.2) is 17.3 Å². The van der Waals surface area contributed by atoms with Gasteiger partial charge in [-0.1, -0.05) is 5.21 Å². The van der Waals surface area contributed by atoms with Crippen molar-refractivity contribution in [3.05, 3.63) is 29.7 Å². The lowest BCUT2D eigenvalue weighted by Crippen LogP contribution is -2.25. The molecule has 2 aliphatic rings. The second kappa shape index (κ2) is 7.55. The molecule has 1 fully saturated rings. The Morgan fingerprint density at radius 3 is 2.84 bits per heavy atom. The minimum absolute atomic E-state index is 0.0654. The first-order chi connectivity index (χ1) is 16.6. The number of aryl methyl sites for hydroxylation is 1. The van der Waals surface area contributed by atoms with Gasteiger partial charge in [0.2, 0.25) is 5.91 Å². The number of nitrogens with one attached hydrogen (secondary N) is 3. The molecule has 1 aliphatic carbocycles. The molecular formula is C20H22N10O2. The molecule has 4 heterocycles. The number of amides is 2. The SMILES string of the molecule is [2H]C([2H])([2H])NC(=O)c1nnc(NC(=O)C2CC2)cc1Nc1nccc2c1N(C)Cc1c-2nnn1C. The number of fused-ring (bicyclic) bond motifs is 3. The van der Waals surface area contributed by atoms with Gasteiger partial charge in [0.05, 0.1) is 23.6 Å². The molecule has 0 atom stereocenters. The molecule has 5 rings (SSSR count). The summed E-state index contributed by atoms with van der Waals surface area (Å²) in [6.45, 7) is -2.20. The molecule has 0 saturated heterocycles. The Labute approximate surface area is 187 Å². The van der Waals surface area contributed by atoms with Crippen molar-refractivity contribution in [1.82, 2.24) is 35.5 Å². The number of anilines is 4. The van der Waals surface area contributed by atoms with Crippen molar-refractivity contribution in [2.45, 2.75) is 19.4 Å². The Kier molecular flexibility index (Phi) is 3.91. The minimum atomic E-state index is -2.72. The smallest absolute Gasteiger partial charge is 0.273 e. The second-order valence-electron chi connectivity index (χ2n) is 7.75. The highest BCUT2D eigenvalue weighted by Crippen LogP contribution is 2.41. The van der Waals surface area contributed by atoms with Crippen LogP contribution in [-0.2, 0) is 18.4 Å². The van der Waals surface area contributed by atoms with E-state index in [4.69, 9.17) is 4.11 Å². The molecule has 0 bridgehead atoms. The van der Waals surface area contributed by atoms with Gasteiger partial charge >= 0.3 is 0 Å². The van der Waals surface area contributed by atoms with E-state index in [1.807, 2.05) is 30.4 Å². The lowest BCUT2D eigenvalue weighted by molar-refractivity contribution is -0.117.